The van der Waals surface area contributed by atoms with Crippen molar-refractivity contribution in [2.45, 2.75) is 25.8 Å². The first-order valence-corrected chi connectivity index (χ1v) is 10.0. The van der Waals surface area contributed by atoms with Crippen molar-refractivity contribution >= 4 is 22.8 Å². The first kappa shape index (κ1) is 19.9. The highest BCUT2D eigenvalue weighted by molar-refractivity contribution is 6.04. The van der Waals surface area contributed by atoms with Crippen molar-refractivity contribution < 1.29 is 19.1 Å². The van der Waals surface area contributed by atoms with E-state index < -0.39 is 5.97 Å². The van der Waals surface area contributed by atoms with Crippen LogP contribution in [-0.2, 0) is 9.53 Å². The number of aryl methyl sites for hydroxylation is 1. The Labute approximate surface area is 175 Å². The molecule has 0 aliphatic heterocycles. The van der Waals surface area contributed by atoms with Crippen LogP contribution in [0.1, 0.15) is 40.5 Å². The average molecular weight is 404 g/mol. The maximum atomic E-state index is 12.6. The first-order chi connectivity index (χ1) is 14.5. The van der Waals surface area contributed by atoms with Crippen molar-refractivity contribution in [3.63, 3.8) is 0 Å². The molecule has 6 heteroatoms. The van der Waals surface area contributed by atoms with Crippen LogP contribution in [0, 0.1) is 12.8 Å². The van der Waals surface area contributed by atoms with Crippen LogP contribution in [0.5, 0.6) is 5.75 Å². The summed E-state index contributed by atoms with van der Waals surface area (Å²) in [6, 6.07) is 16.7. The van der Waals surface area contributed by atoms with Crippen molar-refractivity contribution in [3.05, 3.63) is 71.4 Å². The molecule has 1 unspecified atom stereocenters. The molecule has 0 bridgehead atoms. The Kier molecular flexibility index (Phi) is 5.65. The number of carbonyl (C=O) groups excluding carboxylic acids is 2. The minimum absolute atomic E-state index is 0.0916. The number of benzene rings is 2. The van der Waals surface area contributed by atoms with Gasteiger partial charge in [0.05, 0.1) is 24.2 Å². The lowest BCUT2D eigenvalue weighted by atomic mass is 10.0. The van der Waals surface area contributed by atoms with Gasteiger partial charge in [-0.2, -0.15) is 0 Å². The summed E-state index contributed by atoms with van der Waals surface area (Å²) >= 11 is 0. The van der Waals surface area contributed by atoms with Gasteiger partial charge in [0.1, 0.15) is 5.75 Å². The summed E-state index contributed by atoms with van der Waals surface area (Å²) < 4.78 is 10.5. The highest BCUT2D eigenvalue weighted by Crippen LogP contribution is 2.41. The molecule has 1 aliphatic rings. The monoisotopic (exact) mass is 404 g/mol. The fourth-order valence-corrected chi connectivity index (χ4v) is 3.61. The van der Waals surface area contributed by atoms with Crippen LogP contribution in [0.2, 0.25) is 0 Å². The van der Waals surface area contributed by atoms with E-state index in [9.17, 15) is 9.59 Å². The van der Waals surface area contributed by atoms with Gasteiger partial charge in [0.15, 0.2) is 6.61 Å². The summed E-state index contributed by atoms with van der Waals surface area (Å²) in [5.41, 5.74) is 2.88. The molecule has 1 N–H and O–H groups in total. The van der Waals surface area contributed by atoms with Crippen LogP contribution in [-0.4, -0.2) is 30.6 Å². The highest BCUT2D eigenvalue weighted by Gasteiger charge is 2.33. The fraction of sp³-hybridized carbons (Fsp3) is 0.292. The molecule has 1 amide bonds. The zero-order valence-electron chi connectivity index (χ0n) is 17.1. The number of nitrogens with one attached hydrogen (secondary N) is 1. The topological polar surface area (TPSA) is 77.5 Å². The summed E-state index contributed by atoms with van der Waals surface area (Å²) in [6.45, 7) is 1.50. The fourth-order valence-electron chi connectivity index (χ4n) is 3.61. The number of pyridine rings is 1. The third-order valence-electron chi connectivity index (χ3n) is 5.28. The number of esters is 1. The third-order valence-corrected chi connectivity index (χ3v) is 5.28. The predicted molar refractivity (Wildman–Crippen MR) is 113 cm³/mol. The Morgan fingerprint density at radius 3 is 2.57 bits per heavy atom. The summed E-state index contributed by atoms with van der Waals surface area (Å²) in [5, 5.41) is 3.73. The van der Waals surface area contributed by atoms with Crippen LogP contribution in [0.15, 0.2) is 54.6 Å². The molecule has 6 nitrogen and oxygen atoms in total. The Morgan fingerprint density at radius 1 is 1.13 bits per heavy atom. The zero-order valence-corrected chi connectivity index (χ0v) is 17.1. The molecule has 1 fully saturated rings. The van der Waals surface area contributed by atoms with Crippen molar-refractivity contribution in [3.8, 4) is 5.75 Å². The number of ether oxygens (including phenoxy) is 2. The maximum Gasteiger partial charge on any atom is 0.339 e. The van der Waals surface area contributed by atoms with Gasteiger partial charge >= 0.3 is 5.97 Å². The summed E-state index contributed by atoms with van der Waals surface area (Å²) in [7, 11) is 1.62. The number of nitrogens with zero attached hydrogens (tertiary/aromatic N) is 1. The van der Waals surface area contributed by atoms with Crippen LogP contribution in [0.25, 0.3) is 10.9 Å². The number of aromatic nitrogens is 1. The normalized spacial score (nSPS) is 14.2. The van der Waals surface area contributed by atoms with Gasteiger partial charge in [0.2, 0.25) is 0 Å². The molecule has 4 rings (SSSR count). The molecular formula is C24H24N2O4. The number of amides is 1. The summed E-state index contributed by atoms with van der Waals surface area (Å²) in [6.07, 6.45) is 2.14. The number of para-hydroxylation sites is 1. The number of carbonyl (C=O) groups is 2. The van der Waals surface area contributed by atoms with E-state index in [-0.39, 0.29) is 18.6 Å². The lowest BCUT2D eigenvalue weighted by Gasteiger charge is -2.19. The number of methoxy groups -OCH3 is 1. The Hall–Kier alpha value is -3.41. The second-order valence-corrected chi connectivity index (χ2v) is 7.56. The summed E-state index contributed by atoms with van der Waals surface area (Å²) in [5.74, 6) is 0.337. The molecule has 154 valence electrons. The van der Waals surface area contributed by atoms with E-state index >= 15 is 0 Å². The highest BCUT2D eigenvalue weighted by atomic mass is 16.5. The second-order valence-electron chi connectivity index (χ2n) is 7.56. The molecule has 0 radical (unpaired) electrons. The van der Waals surface area contributed by atoms with E-state index in [1.165, 1.54) is 0 Å². The van der Waals surface area contributed by atoms with Gasteiger partial charge in [-0.15, -0.1) is 0 Å². The van der Waals surface area contributed by atoms with Gasteiger partial charge in [-0.1, -0.05) is 30.3 Å². The largest absolute Gasteiger partial charge is 0.497 e. The van der Waals surface area contributed by atoms with Crippen LogP contribution < -0.4 is 10.1 Å². The van der Waals surface area contributed by atoms with Crippen molar-refractivity contribution in [1.82, 2.24) is 10.3 Å². The van der Waals surface area contributed by atoms with Crippen molar-refractivity contribution in [1.29, 1.82) is 0 Å². The molecule has 1 aromatic heterocycles. The third kappa shape index (κ3) is 4.43. The smallest absolute Gasteiger partial charge is 0.339 e. The van der Waals surface area contributed by atoms with Gasteiger partial charge in [0, 0.05) is 11.1 Å². The van der Waals surface area contributed by atoms with E-state index in [0.29, 0.717) is 16.9 Å². The van der Waals surface area contributed by atoms with E-state index in [4.69, 9.17) is 9.47 Å². The molecule has 1 heterocycles. The number of rotatable bonds is 7. The van der Waals surface area contributed by atoms with Crippen LogP contribution in [0.4, 0.5) is 0 Å². The van der Waals surface area contributed by atoms with Gasteiger partial charge < -0.3 is 14.8 Å². The molecular weight excluding hydrogens is 380 g/mol. The SMILES string of the molecule is COc1ccc(C(NC(=O)COC(=O)c2cc(C)nc3ccccc23)C2CC2)cc1. The van der Waals surface area contributed by atoms with Crippen molar-refractivity contribution in [2.24, 2.45) is 5.92 Å². The quantitative estimate of drug-likeness (QED) is 0.603. The van der Waals surface area contributed by atoms with E-state index in [1.54, 1.807) is 13.2 Å². The number of fused-ring (bicyclic) bond motifs is 1. The van der Waals surface area contributed by atoms with Gasteiger partial charge in [0.25, 0.3) is 5.91 Å². The first-order valence-electron chi connectivity index (χ1n) is 10.0. The molecule has 2 aromatic carbocycles. The lowest BCUT2D eigenvalue weighted by Crippen LogP contribution is -2.33. The number of hydrogen-bond donors (Lipinski definition) is 1. The lowest BCUT2D eigenvalue weighted by molar-refractivity contribution is -0.125. The number of hydrogen-bond acceptors (Lipinski definition) is 5. The standard InChI is InChI=1S/C24H24N2O4/c1-15-13-20(19-5-3-4-6-21(19)25-15)24(28)30-14-22(27)26-23(16-7-8-16)17-9-11-18(29-2)12-10-17/h3-6,9-13,16,23H,7-8,14H2,1-2H3,(H,26,27). The molecule has 3 aromatic rings. The molecule has 0 saturated heterocycles. The predicted octanol–water partition coefficient (Wildman–Crippen LogP) is 3.98. The maximum absolute atomic E-state index is 12.6. The zero-order chi connectivity index (χ0) is 21.1. The summed E-state index contributed by atoms with van der Waals surface area (Å²) in [4.78, 5) is 29.6. The Bertz CT molecular complexity index is 1070. The Morgan fingerprint density at radius 2 is 1.87 bits per heavy atom. The minimum Gasteiger partial charge on any atom is -0.497 e. The van der Waals surface area contributed by atoms with E-state index in [1.807, 2.05) is 55.5 Å². The molecule has 30 heavy (non-hydrogen) atoms. The van der Waals surface area contributed by atoms with Gasteiger partial charge in [-0.3, -0.25) is 9.78 Å². The van der Waals surface area contributed by atoms with Gasteiger partial charge in [-0.25, -0.2) is 4.79 Å². The molecule has 1 saturated carbocycles. The average Bonchev–Trinajstić information content (AvgIpc) is 3.60. The van der Waals surface area contributed by atoms with Crippen molar-refractivity contribution in [2.75, 3.05) is 13.7 Å². The molecule has 1 aliphatic carbocycles. The Balaban J connectivity index is 1.42. The second kappa shape index (κ2) is 8.53. The van der Waals surface area contributed by atoms with E-state index in [2.05, 4.69) is 10.3 Å². The minimum atomic E-state index is -0.528. The van der Waals surface area contributed by atoms with E-state index in [0.717, 1.165) is 35.4 Å². The van der Waals surface area contributed by atoms with Crippen LogP contribution >= 0.6 is 0 Å². The molecule has 0 spiro atoms. The van der Waals surface area contributed by atoms with Crippen LogP contribution in [0.3, 0.4) is 0 Å². The van der Waals surface area contributed by atoms with Gasteiger partial charge in [-0.05, 0) is 55.5 Å². The molecule has 1 atom stereocenters.